The molecule has 35 heteroatoms. The Morgan fingerprint density at radius 2 is 1.16 bits per heavy atom. The molecule has 5 aromatic carbocycles. The number of aliphatic carboxylic acids is 1. The van der Waals surface area contributed by atoms with Crippen LogP contribution in [0.2, 0.25) is 0 Å². The van der Waals surface area contributed by atoms with Crippen LogP contribution in [-0.4, -0.2) is 272 Å². The maximum absolute atomic E-state index is 14.8. The molecular formula is C77H100Cl2N10O22S. The molecule has 0 radical (unpaired) electrons. The maximum Gasteiger partial charge on any atom is 0.409 e. The van der Waals surface area contributed by atoms with E-state index < -0.39 is 84.5 Å². The van der Waals surface area contributed by atoms with Crippen molar-refractivity contribution in [1.82, 2.24) is 25.8 Å². The van der Waals surface area contributed by atoms with Crippen LogP contribution >= 0.6 is 34.5 Å². The smallest absolute Gasteiger partial charge is 0.409 e. The van der Waals surface area contributed by atoms with E-state index in [2.05, 4.69) is 21.3 Å². The number of amides is 8. The lowest BCUT2D eigenvalue weighted by Crippen LogP contribution is -2.61. The Morgan fingerprint density at radius 3 is 1.68 bits per heavy atom. The number of aliphatic hydroxyl groups is 3. The first-order valence-electron chi connectivity index (χ1n) is 37.0. The lowest BCUT2D eigenvalue weighted by Gasteiger charge is -2.38. The quantitative estimate of drug-likeness (QED) is 0.0132. The molecule has 12 N–H and O–H groups in total. The number of aliphatic hydroxyl groups excluding tert-OH is 3. The van der Waals surface area contributed by atoms with Gasteiger partial charge in [-0.15, -0.1) is 34.5 Å². The Morgan fingerprint density at radius 1 is 0.643 bits per heavy atom. The van der Waals surface area contributed by atoms with Crippen molar-refractivity contribution in [3.05, 3.63) is 124 Å². The molecule has 8 amide bonds. The van der Waals surface area contributed by atoms with E-state index in [4.69, 9.17) is 82.0 Å². The number of urea groups is 1. The number of likely N-dealkylation sites (N-methyl/N-ethyl adjacent to an activating group) is 2. The Bertz CT molecular complexity index is 4150. The average Bonchev–Trinajstić information content (AvgIpc) is 1.65. The van der Waals surface area contributed by atoms with Gasteiger partial charge in [0.2, 0.25) is 24.0 Å². The highest BCUT2D eigenvalue weighted by Crippen LogP contribution is 2.49. The van der Waals surface area contributed by atoms with Gasteiger partial charge in [0.15, 0.2) is 6.10 Å². The van der Waals surface area contributed by atoms with Gasteiger partial charge in [0.25, 0.3) is 11.8 Å². The molecule has 9 atom stereocenters. The summed E-state index contributed by atoms with van der Waals surface area (Å²) in [6, 6.07) is 25.1. The van der Waals surface area contributed by atoms with Crippen molar-refractivity contribution >= 4 is 121 Å². The van der Waals surface area contributed by atoms with E-state index in [1.165, 1.54) is 9.80 Å². The summed E-state index contributed by atoms with van der Waals surface area (Å²) in [4.78, 5) is 114. The zero-order valence-corrected chi connectivity index (χ0v) is 65.3. The molecule has 3 aliphatic heterocycles. The number of ether oxygens (including phenoxy) is 10. The maximum atomic E-state index is 14.8. The summed E-state index contributed by atoms with van der Waals surface area (Å²) >= 11 is 14.3. The van der Waals surface area contributed by atoms with Crippen molar-refractivity contribution in [1.29, 1.82) is 0 Å². The number of benzene rings is 5. The summed E-state index contributed by atoms with van der Waals surface area (Å²) < 4.78 is 56.5. The number of anilines is 3. The van der Waals surface area contributed by atoms with Crippen LogP contribution in [0.1, 0.15) is 81.0 Å². The predicted octanol–water partition coefficient (Wildman–Crippen LogP) is 5.29. The molecule has 0 saturated carbocycles. The first-order chi connectivity index (χ1) is 54.0. The lowest BCUT2D eigenvalue weighted by molar-refractivity contribution is -0.270. The predicted molar refractivity (Wildman–Crippen MR) is 418 cm³/mol. The van der Waals surface area contributed by atoms with Gasteiger partial charge >= 0.3 is 18.1 Å². The van der Waals surface area contributed by atoms with Gasteiger partial charge < -0.3 is 115 Å². The molecule has 112 heavy (non-hydrogen) atoms. The van der Waals surface area contributed by atoms with E-state index in [1.807, 2.05) is 48.3 Å². The number of halogens is 2. The molecule has 0 bridgehead atoms. The fraction of sp³-hybridized carbons (Fsp3) is 0.506. The number of nitrogens with two attached hydrogens (primary N) is 2. The van der Waals surface area contributed by atoms with Crippen LogP contribution in [0.5, 0.6) is 11.5 Å². The number of primary amides is 1. The molecule has 9 rings (SSSR count). The van der Waals surface area contributed by atoms with Gasteiger partial charge in [0.05, 0.1) is 100 Å². The standard InChI is InChI=1S/C77H100Cl2N10O22S/c1-46(2)65(85-62(90)21-26-102-28-30-104-32-34-106-36-37-107-35-33-105-31-29-103-27-22-80)71(95)84-55(14-9-23-82-76(81)100)70(94)83-50-17-15-47(16-18-50)44-108-77(101)87(4)25-24-86(3)45-109-58-38-56-63(53-12-7-5-10-51(53)58)48(40-78)42-88(56)72(96)60-19-20-61(112-60)73(97)89-43-49(41-79)64-54-13-8-6-11-52(54)59(39-57(64)89)110-75-68(93)66(91)67(92)69(111-75)74(98)99/h5-8,10-13,15-20,38-39,46,48-49,55,65-69,75,91-93H,9,14,21-37,40-45,80H2,1-4H3,(H,83,94)(H,84,95)(H,85,90)(H,98,99)(H3,81,82,100). The van der Waals surface area contributed by atoms with Gasteiger partial charge in [0, 0.05) is 105 Å². The van der Waals surface area contributed by atoms with Gasteiger partial charge in [-0.05, 0) is 77.5 Å². The largest absolute Gasteiger partial charge is 0.479 e. The Hall–Kier alpha value is -8.62. The molecule has 1 saturated heterocycles. The van der Waals surface area contributed by atoms with Gasteiger partial charge in [-0.2, -0.15) is 0 Å². The fourth-order valence-corrected chi connectivity index (χ4v) is 14.3. The molecule has 3 aliphatic rings. The molecule has 6 aromatic rings. The third kappa shape index (κ3) is 23.8. The fourth-order valence-electron chi connectivity index (χ4n) is 12.9. The number of nitrogens with one attached hydrogen (secondary N) is 4. The second-order valence-corrected chi connectivity index (χ2v) is 29.0. The van der Waals surface area contributed by atoms with Crippen LogP contribution in [0.3, 0.4) is 0 Å². The molecular weight excluding hydrogens is 1520 g/mol. The number of rotatable bonds is 45. The highest BCUT2D eigenvalue weighted by molar-refractivity contribution is 7.16. The molecule has 32 nitrogen and oxygen atoms in total. The number of hydrogen-bond acceptors (Lipinski definition) is 24. The van der Waals surface area contributed by atoms with Crippen LogP contribution < -0.4 is 52.0 Å². The normalized spacial score (nSPS) is 18.4. The molecule has 4 heterocycles. The van der Waals surface area contributed by atoms with Crippen molar-refractivity contribution in [2.24, 2.45) is 17.4 Å². The lowest BCUT2D eigenvalue weighted by atomic mass is 9.95. The Balaban J connectivity index is 0.731. The van der Waals surface area contributed by atoms with E-state index in [0.717, 1.165) is 33.2 Å². The minimum absolute atomic E-state index is 0.0367. The Labute approximate surface area is 662 Å². The molecule has 0 aliphatic carbocycles. The number of thiophene rings is 1. The molecule has 9 unspecified atom stereocenters. The van der Waals surface area contributed by atoms with Crippen LogP contribution in [0.15, 0.2) is 97.1 Å². The highest BCUT2D eigenvalue weighted by Gasteiger charge is 2.49. The Kier molecular flexibility index (Phi) is 34.0. The van der Waals surface area contributed by atoms with Crippen LogP contribution in [0, 0.1) is 5.92 Å². The van der Waals surface area contributed by atoms with Crippen molar-refractivity contribution in [2.45, 2.75) is 94.3 Å². The summed E-state index contributed by atoms with van der Waals surface area (Å²) in [5.41, 5.74) is 14.2. The second-order valence-electron chi connectivity index (χ2n) is 27.3. The van der Waals surface area contributed by atoms with E-state index in [1.54, 1.807) is 86.5 Å². The molecule has 610 valence electrons. The zero-order chi connectivity index (χ0) is 80.4. The van der Waals surface area contributed by atoms with Crippen LogP contribution in [-0.2, 0) is 63.7 Å². The number of carboxylic acids is 1. The summed E-state index contributed by atoms with van der Waals surface area (Å²) in [5.74, 6) is -4.05. The van der Waals surface area contributed by atoms with E-state index in [9.17, 15) is 58.8 Å². The van der Waals surface area contributed by atoms with Gasteiger partial charge in [-0.25, -0.2) is 14.4 Å². The molecule has 1 aromatic heterocycles. The summed E-state index contributed by atoms with van der Waals surface area (Å²) in [6.45, 7) is 9.56. The molecule has 0 spiro atoms. The first-order valence-corrected chi connectivity index (χ1v) is 38.8. The number of nitrogens with zero attached hydrogens (tertiary/aromatic N) is 4. The topological polar surface area (TPSA) is 423 Å². The third-order valence-corrected chi connectivity index (χ3v) is 20.6. The van der Waals surface area contributed by atoms with E-state index >= 15 is 0 Å². The van der Waals surface area contributed by atoms with Crippen molar-refractivity contribution < 1.29 is 106 Å². The van der Waals surface area contributed by atoms with E-state index in [-0.39, 0.29) is 130 Å². The third-order valence-electron chi connectivity index (χ3n) is 18.8. The van der Waals surface area contributed by atoms with Crippen LogP contribution in [0.25, 0.3) is 21.5 Å². The minimum atomic E-state index is -1.94. The van der Waals surface area contributed by atoms with Crippen molar-refractivity contribution in [3.8, 4) is 11.5 Å². The van der Waals surface area contributed by atoms with Crippen molar-refractivity contribution in [2.75, 3.05) is 166 Å². The van der Waals surface area contributed by atoms with Crippen molar-refractivity contribution in [3.63, 3.8) is 0 Å². The monoisotopic (exact) mass is 1620 g/mol. The van der Waals surface area contributed by atoms with Crippen LogP contribution in [0.4, 0.5) is 26.7 Å². The number of carboxylic acid groups (broad SMARTS) is 1. The van der Waals surface area contributed by atoms with Gasteiger partial charge in [-0.3, -0.25) is 28.9 Å². The number of fused-ring (bicyclic) bond motifs is 6. The summed E-state index contributed by atoms with van der Waals surface area (Å²) in [7, 11) is 3.43. The second kappa shape index (κ2) is 43.6. The highest BCUT2D eigenvalue weighted by atomic mass is 35.5. The number of hydrogen-bond donors (Lipinski definition) is 10. The van der Waals surface area contributed by atoms with E-state index in [0.29, 0.717) is 112 Å². The average molecular weight is 1620 g/mol. The number of alkyl halides is 2. The summed E-state index contributed by atoms with van der Waals surface area (Å²) in [6.07, 6.45) is -9.62. The zero-order valence-electron chi connectivity index (χ0n) is 62.9. The molecule has 1 fully saturated rings. The first kappa shape index (κ1) is 87.3. The summed E-state index contributed by atoms with van der Waals surface area (Å²) in [5, 5.41) is 55.2. The van der Waals surface area contributed by atoms with Gasteiger partial charge in [-0.1, -0.05) is 74.5 Å². The number of carbonyl (C=O) groups excluding carboxylic acids is 7. The van der Waals surface area contributed by atoms with Gasteiger partial charge in [0.1, 0.15) is 55.2 Å². The number of carbonyl (C=O) groups is 8. The SMILES string of the molecule is CC(C)C(NC(=O)CCOCCOCCOCCOCCOCCOCCN)C(=O)NC(CCCNC(N)=O)C(=O)Nc1ccc(COC(=O)N(C)CCN(C)COc2cc3c(c4ccccc24)C(CCl)CN3C(=O)c2ccc(C(=O)N3CC(CCl)c4c3cc(OC3OC(C(=O)O)C(O)C(O)C3O)c3ccccc43)s2)cc1. The minimum Gasteiger partial charge on any atom is -0.479 e.